The van der Waals surface area contributed by atoms with Crippen LogP contribution in [0.2, 0.25) is 0 Å². The number of benzene rings is 1. The van der Waals surface area contributed by atoms with Crippen LogP contribution >= 0.6 is 0 Å². The Morgan fingerprint density at radius 3 is 2.67 bits per heavy atom. The third kappa shape index (κ3) is 2.57. The molecule has 0 saturated carbocycles. The SMILES string of the molecule is CN1C2COCC1CC(C(=O)c1ccc(F)c(C#N)c1)C2. The molecule has 1 aromatic rings. The summed E-state index contributed by atoms with van der Waals surface area (Å²) >= 11 is 0. The predicted octanol–water partition coefficient (Wildman–Crippen LogP) is 1.99. The van der Waals surface area contributed by atoms with E-state index in [2.05, 4.69) is 11.9 Å². The number of rotatable bonds is 2. The van der Waals surface area contributed by atoms with Gasteiger partial charge in [0.25, 0.3) is 0 Å². The molecular formula is C16H17FN2O2. The second-order valence-electron chi connectivity index (χ2n) is 5.85. The molecule has 0 spiro atoms. The summed E-state index contributed by atoms with van der Waals surface area (Å²) in [4.78, 5) is 14.9. The number of piperidine rings is 1. The fraction of sp³-hybridized carbons (Fsp3) is 0.500. The van der Waals surface area contributed by atoms with Gasteiger partial charge in [0.15, 0.2) is 5.78 Å². The minimum absolute atomic E-state index is 0.0106. The first-order valence-electron chi connectivity index (χ1n) is 7.13. The number of likely N-dealkylation sites (N-methyl/N-ethyl adjacent to an activating group) is 1. The van der Waals surface area contributed by atoms with E-state index >= 15 is 0 Å². The number of ketones is 1. The second kappa shape index (κ2) is 5.55. The highest BCUT2D eigenvalue weighted by atomic mass is 19.1. The lowest BCUT2D eigenvalue weighted by atomic mass is 9.81. The van der Waals surface area contributed by atoms with Gasteiger partial charge in [-0.05, 0) is 38.1 Å². The first-order chi connectivity index (χ1) is 10.1. The summed E-state index contributed by atoms with van der Waals surface area (Å²) in [7, 11) is 2.07. The van der Waals surface area contributed by atoms with Crippen molar-refractivity contribution in [3.63, 3.8) is 0 Å². The van der Waals surface area contributed by atoms with Crippen molar-refractivity contribution in [1.82, 2.24) is 4.90 Å². The summed E-state index contributed by atoms with van der Waals surface area (Å²) in [6.45, 7) is 1.31. The lowest BCUT2D eigenvalue weighted by Crippen LogP contribution is -2.55. The fourth-order valence-electron chi connectivity index (χ4n) is 3.31. The molecule has 2 unspecified atom stereocenters. The van der Waals surface area contributed by atoms with E-state index in [0.717, 1.165) is 12.8 Å². The van der Waals surface area contributed by atoms with Gasteiger partial charge >= 0.3 is 0 Å². The van der Waals surface area contributed by atoms with E-state index in [1.165, 1.54) is 18.2 Å². The molecule has 0 aliphatic carbocycles. The lowest BCUT2D eigenvalue weighted by molar-refractivity contribution is -0.0702. The van der Waals surface area contributed by atoms with Gasteiger partial charge in [-0.2, -0.15) is 5.26 Å². The molecule has 0 N–H and O–H groups in total. The van der Waals surface area contributed by atoms with E-state index in [0.29, 0.717) is 18.8 Å². The molecule has 0 amide bonds. The van der Waals surface area contributed by atoms with Gasteiger partial charge in [0.1, 0.15) is 11.9 Å². The zero-order valence-electron chi connectivity index (χ0n) is 11.9. The minimum atomic E-state index is -0.581. The van der Waals surface area contributed by atoms with Crippen molar-refractivity contribution in [2.75, 3.05) is 20.3 Å². The van der Waals surface area contributed by atoms with E-state index in [1.54, 1.807) is 6.07 Å². The molecule has 2 heterocycles. The maximum absolute atomic E-state index is 13.4. The zero-order valence-corrected chi connectivity index (χ0v) is 11.9. The Morgan fingerprint density at radius 1 is 1.38 bits per heavy atom. The largest absolute Gasteiger partial charge is 0.378 e. The maximum atomic E-state index is 13.4. The van der Waals surface area contributed by atoms with Crippen LogP contribution in [-0.4, -0.2) is 43.0 Å². The number of nitriles is 1. The molecule has 0 radical (unpaired) electrons. The van der Waals surface area contributed by atoms with Gasteiger partial charge in [0.05, 0.1) is 18.8 Å². The molecule has 110 valence electrons. The van der Waals surface area contributed by atoms with Crippen LogP contribution in [0.15, 0.2) is 18.2 Å². The molecule has 21 heavy (non-hydrogen) atoms. The highest BCUT2D eigenvalue weighted by molar-refractivity contribution is 5.98. The van der Waals surface area contributed by atoms with Crippen molar-refractivity contribution in [2.24, 2.45) is 5.92 Å². The summed E-state index contributed by atoms with van der Waals surface area (Å²) in [5, 5.41) is 8.88. The number of hydrogen-bond donors (Lipinski definition) is 0. The Hall–Kier alpha value is -1.77. The molecule has 0 aromatic heterocycles. The topological polar surface area (TPSA) is 53.3 Å². The average Bonchev–Trinajstić information content (AvgIpc) is 2.47. The number of nitrogens with zero attached hydrogens (tertiary/aromatic N) is 2. The van der Waals surface area contributed by atoms with Crippen molar-refractivity contribution >= 4 is 5.78 Å². The molecule has 5 heteroatoms. The van der Waals surface area contributed by atoms with Crippen molar-refractivity contribution < 1.29 is 13.9 Å². The van der Waals surface area contributed by atoms with Gasteiger partial charge in [0.2, 0.25) is 0 Å². The Balaban J connectivity index is 1.81. The van der Waals surface area contributed by atoms with Crippen LogP contribution in [0.3, 0.4) is 0 Å². The minimum Gasteiger partial charge on any atom is -0.378 e. The maximum Gasteiger partial charge on any atom is 0.166 e. The van der Waals surface area contributed by atoms with Gasteiger partial charge in [0, 0.05) is 23.6 Å². The Morgan fingerprint density at radius 2 is 2.05 bits per heavy atom. The first-order valence-corrected chi connectivity index (χ1v) is 7.13. The molecule has 4 nitrogen and oxygen atoms in total. The van der Waals surface area contributed by atoms with E-state index < -0.39 is 5.82 Å². The van der Waals surface area contributed by atoms with Gasteiger partial charge < -0.3 is 4.74 Å². The van der Waals surface area contributed by atoms with Crippen LogP contribution in [0.25, 0.3) is 0 Å². The third-order valence-corrected chi connectivity index (χ3v) is 4.63. The summed E-state index contributed by atoms with van der Waals surface area (Å²) in [5.74, 6) is -0.642. The number of fused-ring (bicyclic) bond motifs is 2. The van der Waals surface area contributed by atoms with E-state index in [4.69, 9.17) is 10.00 Å². The summed E-state index contributed by atoms with van der Waals surface area (Å²) in [6.07, 6.45) is 1.51. The number of halogens is 1. The predicted molar refractivity (Wildman–Crippen MR) is 74.3 cm³/mol. The standard InChI is InChI=1S/C16H17FN2O2/c1-19-13-5-11(6-14(19)9-21-8-13)16(20)10-2-3-15(17)12(4-10)7-18/h2-4,11,13-14H,5-6,8-9H2,1H3. The van der Waals surface area contributed by atoms with Gasteiger partial charge in [-0.3, -0.25) is 9.69 Å². The average molecular weight is 288 g/mol. The van der Waals surface area contributed by atoms with Crippen LogP contribution in [0.1, 0.15) is 28.8 Å². The molecule has 2 saturated heterocycles. The smallest absolute Gasteiger partial charge is 0.166 e. The zero-order chi connectivity index (χ0) is 15.0. The van der Waals surface area contributed by atoms with E-state index in [9.17, 15) is 9.18 Å². The number of hydrogen-bond acceptors (Lipinski definition) is 4. The molecular weight excluding hydrogens is 271 g/mol. The molecule has 2 bridgehead atoms. The normalized spacial score (nSPS) is 28.9. The molecule has 3 rings (SSSR count). The quantitative estimate of drug-likeness (QED) is 0.781. The van der Waals surface area contributed by atoms with Crippen LogP contribution in [-0.2, 0) is 4.74 Å². The number of ether oxygens (including phenoxy) is 1. The fourth-order valence-corrected chi connectivity index (χ4v) is 3.31. The number of morpholine rings is 1. The first kappa shape index (κ1) is 14.2. The van der Waals surface area contributed by atoms with Crippen molar-refractivity contribution in [3.05, 3.63) is 35.1 Å². The van der Waals surface area contributed by atoms with Gasteiger partial charge in [-0.15, -0.1) is 0 Å². The number of carbonyl (C=O) groups is 1. The highest BCUT2D eigenvalue weighted by Crippen LogP contribution is 2.32. The van der Waals surface area contributed by atoms with E-state index in [-0.39, 0.29) is 29.3 Å². The highest BCUT2D eigenvalue weighted by Gasteiger charge is 2.39. The molecule has 2 aliphatic rings. The second-order valence-corrected chi connectivity index (χ2v) is 5.85. The third-order valence-electron chi connectivity index (χ3n) is 4.63. The van der Waals surface area contributed by atoms with Crippen molar-refractivity contribution in [1.29, 1.82) is 5.26 Å². The van der Waals surface area contributed by atoms with Gasteiger partial charge in [-0.25, -0.2) is 4.39 Å². The van der Waals surface area contributed by atoms with Crippen LogP contribution in [0.4, 0.5) is 4.39 Å². The Bertz CT molecular complexity index is 597. The summed E-state index contributed by atoms with van der Waals surface area (Å²) in [5.41, 5.74) is 0.360. The monoisotopic (exact) mass is 288 g/mol. The van der Waals surface area contributed by atoms with Crippen LogP contribution < -0.4 is 0 Å². The van der Waals surface area contributed by atoms with Crippen LogP contribution in [0.5, 0.6) is 0 Å². The summed E-state index contributed by atoms with van der Waals surface area (Å²) < 4.78 is 18.9. The summed E-state index contributed by atoms with van der Waals surface area (Å²) in [6, 6.07) is 6.35. The van der Waals surface area contributed by atoms with Crippen molar-refractivity contribution in [3.8, 4) is 6.07 Å². The van der Waals surface area contributed by atoms with Gasteiger partial charge in [-0.1, -0.05) is 0 Å². The van der Waals surface area contributed by atoms with E-state index in [1.807, 2.05) is 0 Å². The molecule has 2 fully saturated rings. The molecule has 1 aromatic carbocycles. The Labute approximate surface area is 123 Å². The molecule has 2 aliphatic heterocycles. The molecule has 2 atom stereocenters. The number of Topliss-reactive ketones (excluding diaryl/α,β-unsaturated/α-hetero) is 1. The number of carbonyl (C=O) groups excluding carboxylic acids is 1. The Kier molecular flexibility index (Phi) is 3.75. The lowest BCUT2D eigenvalue weighted by Gasteiger charge is -2.46. The van der Waals surface area contributed by atoms with Crippen molar-refractivity contribution in [2.45, 2.75) is 24.9 Å². The van der Waals surface area contributed by atoms with Crippen LogP contribution in [0, 0.1) is 23.1 Å².